The Morgan fingerprint density at radius 3 is 2.45 bits per heavy atom. The highest BCUT2D eigenvalue weighted by molar-refractivity contribution is 7.89. The minimum Gasteiger partial charge on any atom is -0.207 e. The first-order valence-electron chi connectivity index (χ1n) is 10.8. The van der Waals surface area contributed by atoms with Gasteiger partial charge in [0.05, 0.1) is 10.6 Å². The number of nitrogens with zero attached hydrogens (tertiary/aromatic N) is 5. The van der Waals surface area contributed by atoms with Crippen molar-refractivity contribution < 1.29 is 8.42 Å². The summed E-state index contributed by atoms with van der Waals surface area (Å²) in [5.74, 6) is 0.329. The van der Waals surface area contributed by atoms with Gasteiger partial charge in [-0.3, -0.25) is 0 Å². The molecule has 1 heterocycles. The summed E-state index contributed by atoms with van der Waals surface area (Å²) in [6, 6.07) is 13.3. The summed E-state index contributed by atoms with van der Waals surface area (Å²) in [6.45, 7) is 6.47. The van der Waals surface area contributed by atoms with E-state index in [-0.39, 0.29) is 6.04 Å². The second-order valence-corrected chi connectivity index (χ2v) is 10.5. The van der Waals surface area contributed by atoms with Gasteiger partial charge in [-0.25, -0.2) is 13.1 Å². The molecule has 0 bridgehead atoms. The second-order valence-electron chi connectivity index (χ2n) is 8.57. The molecule has 8 heteroatoms. The molecular formula is C23H29N5O2S. The van der Waals surface area contributed by atoms with Gasteiger partial charge in [0.25, 0.3) is 0 Å². The van der Waals surface area contributed by atoms with E-state index < -0.39 is 10.0 Å². The molecule has 1 aromatic heterocycles. The molecule has 2 atom stereocenters. The number of hydrogen-bond acceptors (Lipinski definition) is 5. The summed E-state index contributed by atoms with van der Waals surface area (Å²) < 4.78 is 31.0. The molecule has 7 nitrogen and oxygen atoms in total. The summed E-state index contributed by atoms with van der Waals surface area (Å²) in [5.41, 5.74) is 3.74. The third-order valence-electron chi connectivity index (χ3n) is 6.27. The van der Waals surface area contributed by atoms with Crippen LogP contribution in [0, 0.1) is 19.8 Å². The number of aryl methyl sites for hydroxylation is 2. The number of rotatable bonds is 6. The lowest BCUT2D eigenvalue weighted by Crippen LogP contribution is -2.44. The van der Waals surface area contributed by atoms with E-state index in [0.29, 0.717) is 17.4 Å². The zero-order valence-electron chi connectivity index (χ0n) is 18.3. The van der Waals surface area contributed by atoms with Crippen LogP contribution in [-0.2, 0) is 16.6 Å². The number of aromatic nitrogens is 4. The van der Waals surface area contributed by atoms with Crippen molar-refractivity contribution in [2.75, 3.05) is 0 Å². The van der Waals surface area contributed by atoms with Crippen molar-refractivity contribution in [1.82, 2.24) is 24.5 Å². The molecule has 164 valence electrons. The molecule has 1 aliphatic rings. The molecular weight excluding hydrogens is 410 g/mol. The number of benzene rings is 2. The fourth-order valence-electron chi connectivity index (χ4n) is 4.43. The standard InChI is InChI=1S/C23H29N5O2S/c1-17-8-10-20(11-9-17)15-28(23-7-5-4-6-18(23)2)31(29,30)21-12-13-22(19(3)14-21)27-16-24-25-26-27/h8-14,16,18,23H,4-7,15H2,1-3H3/t18-,23-/m0/s1. The van der Waals surface area contributed by atoms with Gasteiger partial charge in [-0.2, -0.15) is 4.31 Å². The molecule has 0 aliphatic heterocycles. The molecule has 0 unspecified atom stereocenters. The summed E-state index contributed by atoms with van der Waals surface area (Å²) in [7, 11) is -3.68. The van der Waals surface area contributed by atoms with Crippen LogP contribution in [0.3, 0.4) is 0 Å². The molecule has 0 radical (unpaired) electrons. The Kier molecular flexibility index (Phi) is 6.20. The average Bonchev–Trinajstić information content (AvgIpc) is 3.28. The monoisotopic (exact) mass is 439 g/mol. The maximum Gasteiger partial charge on any atom is 0.243 e. The van der Waals surface area contributed by atoms with Gasteiger partial charge in [-0.1, -0.05) is 49.6 Å². The van der Waals surface area contributed by atoms with Crippen molar-refractivity contribution in [3.8, 4) is 5.69 Å². The van der Waals surface area contributed by atoms with Crippen LogP contribution in [0.1, 0.15) is 49.3 Å². The minimum atomic E-state index is -3.68. The molecule has 3 aromatic rings. The van der Waals surface area contributed by atoms with Gasteiger partial charge in [0.1, 0.15) is 6.33 Å². The Balaban J connectivity index is 1.72. The predicted molar refractivity (Wildman–Crippen MR) is 119 cm³/mol. The van der Waals surface area contributed by atoms with Crippen LogP contribution in [0.5, 0.6) is 0 Å². The van der Waals surface area contributed by atoms with E-state index in [0.717, 1.165) is 48.1 Å². The van der Waals surface area contributed by atoms with Gasteiger partial charge in [-0.15, -0.1) is 5.10 Å². The Hall–Kier alpha value is -2.58. The van der Waals surface area contributed by atoms with Crippen molar-refractivity contribution in [3.63, 3.8) is 0 Å². The van der Waals surface area contributed by atoms with E-state index in [1.807, 2.05) is 38.1 Å². The topological polar surface area (TPSA) is 81.0 Å². The second kappa shape index (κ2) is 8.88. The van der Waals surface area contributed by atoms with Crippen LogP contribution in [0.25, 0.3) is 5.69 Å². The maximum atomic E-state index is 13.9. The molecule has 0 spiro atoms. The number of tetrazole rings is 1. The summed E-state index contributed by atoms with van der Waals surface area (Å²) in [4.78, 5) is 0.312. The molecule has 0 N–H and O–H groups in total. The molecule has 4 rings (SSSR count). The highest BCUT2D eigenvalue weighted by Gasteiger charge is 2.36. The van der Waals surface area contributed by atoms with Crippen molar-refractivity contribution in [1.29, 1.82) is 0 Å². The molecule has 1 aliphatic carbocycles. The average molecular weight is 440 g/mol. The van der Waals surface area contributed by atoms with Gasteiger partial charge in [0.2, 0.25) is 10.0 Å². The fourth-order valence-corrected chi connectivity index (χ4v) is 6.26. The van der Waals surface area contributed by atoms with Crippen molar-refractivity contribution in [3.05, 3.63) is 65.5 Å². The lowest BCUT2D eigenvalue weighted by Gasteiger charge is -2.38. The maximum absolute atomic E-state index is 13.9. The summed E-state index contributed by atoms with van der Waals surface area (Å²) in [5, 5.41) is 11.3. The zero-order valence-corrected chi connectivity index (χ0v) is 19.1. The Morgan fingerprint density at radius 1 is 1.06 bits per heavy atom. The Morgan fingerprint density at radius 2 is 1.81 bits per heavy atom. The van der Waals surface area contributed by atoms with Crippen molar-refractivity contribution in [2.45, 2.75) is 63.9 Å². The Bertz CT molecular complexity index is 1130. The van der Waals surface area contributed by atoms with E-state index in [1.165, 1.54) is 6.33 Å². The highest BCUT2D eigenvalue weighted by Crippen LogP contribution is 2.33. The molecule has 0 saturated heterocycles. The fraction of sp³-hybridized carbons (Fsp3) is 0.435. The lowest BCUT2D eigenvalue weighted by molar-refractivity contribution is 0.185. The van der Waals surface area contributed by atoms with E-state index in [2.05, 4.69) is 22.4 Å². The van der Waals surface area contributed by atoms with Gasteiger partial charge in [0.15, 0.2) is 0 Å². The van der Waals surface area contributed by atoms with Crippen molar-refractivity contribution in [2.24, 2.45) is 5.92 Å². The number of hydrogen-bond donors (Lipinski definition) is 0. The van der Waals surface area contributed by atoms with Crippen LogP contribution in [-0.4, -0.2) is 39.0 Å². The largest absolute Gasteiger partial charge is 0.243 e. The van der Waals surface area contributed by atoms with Crippen LogP contribution < -0.4 is 0 Å². The van der Waals surface area contributed by atoms with Crippen LogP contribution in [0.15, 0.2) is 53.7 Å². The quantitative estimate of drug-likeness (QED) is 0.579. The predicted octanol–water partition coefficient (Wildman–Crippen LogP) is 4.05. The first-order valence-corrected chi connectivity index (χ1v) is 12.2. The van der Waals surface area contributed by atoms with Crippen LogP contribution in [0.2, 0.25) is 0 Å². The summed E-state index contributed by atoms with van der Waals surface area (Å²) in [6.07, 6.45) is 5.68. The molecule has 2 aromatic carbocycles. The van der Waals surface area contributed by atoms with Gasteiger partial charge in [0, 0.05) is 12.6 Å². The SMILES string of the molecule is Cc1ccc(CN([C@H]2CCCC[C@@H]2C)S(=O)(=O)c2ccc(-n3cnnn3)c(C)c2)cc1. The highest BCUT2D eigenvalue weighted by atomic mass is 32.2. The van der Waals surface area contributed by atoms with E-state index in [4.69, 9.17) is 0 Å². The number of sulfonamides is 1. The van der Waals surface area contributed by atoms with E-state index in [9.17, 15) is 8.42 Å². The van der Waals surface area contributed by atoms with Gasteiger partial charge in [-0.05, 0) is 72.4 Å². The first-order chi connectivity index (χ1) is 14.9. The van der Waals surface area contributed by atoms with Crippen LogP contribution >= 0.6 is 0 Å². The summed E-state index contributed by atoms with van der Waals surface area (Å²) >= 11 is 0. The molecule has 1 saturated carbocycles. The van der Waals surface area contributed by atoms with Crippen molar-refractivity contribution >= 4 is 10.0 Å². The third kappa shape index (κ3) is 4.55. The molecule has 1 fully saturated rings. The molecule has 0 amide bonds. The van der Waals surface area contributed by atoms with Gasteiger partial charge >= 0.3 is 0 Å². The van der Waals surface area contributed by atoms with Crippen LogP contribution in [0.4, 0.5) is 0 Å². The van der Waals surface area contributed by atoms with E-state index >= 15 is 0 Å². The van der Waals surface area contributed by atoms with E-state index in [1.54, 1.807) is 27.2 Å². The Labute approximate surface area is 184 Å². The zero-order chi connectivity index (χ0) is 22.0. The smallest absolute Gasteiger partial charge is 0.207 e. The van der Waals surface area contributed by atoms with Gasteiger partial charge < -0.3 is 0 Å². The first kappa shape index (κ1) is 21.6. The molecule has 31 heavy (non-hydrogen) atoms. The lowest BCUT2D eigenvalue weighted by atomic mass is 9.86. The normalized spacial score (nSPS) is 19.6. The third-order valence-corrected chi connectivity index (χ3v) is 8.13. The minimum absolute atomic E-state index is 0.000416.